The largest absolute Gasteiger partial charge is 0.325 e. The van der Waals surface area contributed by atoms with E-state index in [1.165, 1.54) is 0 Å². The lowest BCUT2D eigenvalue weighted by Gasteiger charge is -2.40. The molecule has 1 heterocycles. The summed E-state index contributed by atoms with van der Waals surface area (Å²) in [5.74, 6) is 0.586. The van der Waals surface area contributed by atoms with Gasteiger partial charge >= 0.3 is 0 Å². The first-order valence-corrected chi connectivity index (χ1v) is 6.66. The maximum atomic E-state index is 12.1. The summed E-state index contributed by atoms with van der Waals surface area (Å²) in [6, 6.07) is 0. The van der Waals surface area contributed by atoms with E-state index in [9.17, 15) is 4.79 Å². The fourth-order valence-corrected chi connectivity index (χ4v) is 2.47. The molecule has 0 unspecified atom stereocenters. The van der Waals surface area contributed by atoms with Crippen molar-refractivity contribution in [3.63, 3.8) is 0 Å². The van der Waals surface area contributed by atoms with Gasteiger partial charge in [0.2, 0.25) is 0 Å². The van der Waals surface area contributed by atoms with E-state index in [0.717, 1.165) is 25.9 Å². The van der Waals surface area contributed by atoms with Crippen LogP contribution in [0.2, 0.25) is 0 Å². The number of carbonyl (C=O) groups is 1. The van der Waals surface area contributed by atoms with Gasteiger partial charge in [0.1, 0.15) is 5.78 Å². The molecule has 0 saturated carbocycles. The number of nitrogens with two attached hydrogens (primary N) is 1. The molecule has 1 rings (SSSR count). The molecule has 1 aliphatic rings. The normalized spacial score (nSPS) is 20.6. The van der Waals surface area contributed by atoms with Crippen molar-refractivity contribution in [1.82, 2.24) is 4.90 Å². The van der Waals surface area contributed by atoms with E-state index in [0.29, 0.717) is 12.2 Å². The van der Waals surface area contributed by atoms with Gasteiger partial charge in [-0.15, -0.1) is 0 Å². The molecule has 0 bridgehead atoms. The van der Waals surface area contributed by atoms with Crippen molar-refractivity contribution >= 4 is 5.78 Å². The molecular formula is C14H28N2O. The van der Waals surface area contributed by atoms with Crippen LogP contribution in [-0.2, 0) is 4.79 Å². The molecule has 0 aromatic carbocycles. The van der Waals surface area contributed by atoms with Crippen LogP contribution in [0.3, 0.4) is 0 Å². The first-order valence-electron chi connectivity index (χ1n) is 6.66. The zero-order valence-corrected chi connectivity index (χ0v) is 12.0. The fourth-order valence-electron chi connectivity index (χ4n) is 2.47. The van der Waals surface area contributed by atoms with Gasteiger partial charge in [0.25, 0.3) is 0 Å². The van der Waals surface area contributed by atoms with Crippen LogP contribution in [0.5, 0.6) is 0 Å². The van der Waals surface area contributed by atoms with Gasteiger partial charge in [-0.2, -0.15) is 0 Å². The summed E-state index contributed by atoms with van der Waals surface area (Å²) in [5.41, 5.74) is 5.77. The monoisotopic (exact) mass is 240 g/mol. The summed E-state index contributed by atoms with van der Waals surface area (Å²) in [4.78, 5) is 14.5. The number of piperidine rings is 1. The number of Topliss-reactive ketones (excluding diaryl/α,β-unsaturated/α-hetero) is 1. The minimum atomic E-state index is -0.363. The van der Waals surface area contributed by atoms with Crippen LogP contribution < -0.4 is 5.73 Å². The Hall–Kier alpha value is -0.410. The molecule has 1 fully saturated rings. The van der Waals surface area contributed by atoms with Gasteiger partial charge in [-0.05, 0) is 60.5 Å². The molecule has 0 aromatic rings. The highest BCUT2D eigenvalue weighted by Crippen LogP contribution is 2.26. The van der Waals surface area contributed by atoms with Crippen LogP contribution >= 0.6 is 0 Å². The van der Waals surface area contributed by atoms with Gasteiger partial charge in [-0.25, -0.2) is 0 Å². The van der Waals surface area contributed by atoms with Crippen molar-refractivity contribution in [3.05, 3.63) is 0 Å². The zero-order valence-electron chi connectivity index (χ0n) is 12.0. The molecule has 17 heavy (non-hydrogen) atoms. The smallest absolute Gasteiger partial charge is 0.137 e. The zero-order chi connectivity index (χ0) is 13.3. The van der Waals surface area contributed by atoms with E-state index in [1.807, 2.05) is 13.8 Å². The first-order chi connectivity index (χ1) is 7.59. The summed E-state index contributed by atoms with van der Waals surface area (Å²) in [7, 11) is 0. The van der Waals surface area contributed by atoms with E-state index in [2.05, 4.69) is 25.7 Å². The Morgan fingerprint density at radius 1 is 1.18 bits per heavy atom. The Bertz CT molecular complexity index is 265. The quantitative estimate of drug-likeness (QED) is 0.822. The van der Waals surface area contributed by atoms with Crippen molar-refractivity contribution in [2.24, 2.45) is 11.7 Å². The number of hydrogen-bond acceptors (Lipinski definition) is 3. The number of carbonyl (C=O) groups excluding carboxylic acids is 1. The fraction of sp³-hybridized carbons (Fsp3) is 0.929. The van der Waals surface area contributed by atoms with Gasteiger partial charge in [0.05, 0.1) is 0 Å². The van der Waals surface area contributed by atoms with E-state index >= 15 is 0 Å². The molecule has 0 aromatic heterocycles. The van der Waals surface area contributed by atoms with E-state index in [1.54, 1.807) is 0 Å². The van der Waals surface area contributed by atoms with E-state index in [-0.39, 0.29) is 17.0 Å². The van der Waals surface area contributed by atoms with Crippen LogP contribution in [0, 0.1) is 5.92 Å². The van der Waals surface area contributed by atoms with Gasteiger partial charge < -0.3 is 5.73 Å². The molecule has 0 aliphatic carbocycles. The molecular weight excluding hydrogens is 212 g/mol. The van der Waals surface area contributed by atoms with Crippen molar-refractivity contribution in [2.45, 2.75) is 65.0 Å². The van der Waals surface area contributed by atoms with Crippen LogP contribution in [0.25, 0.3) is 0 Å². The average molecular weight is 240 g/mol. The van der Waals surface area contributed by atoms with Gasteiger partial charge in [-0.1, -0.05) is 0 Å². The van der Waals surface area contributed by atoms with E-state index in [4.69, 9.17) is 5.73 Å². The highest BCUT2D eigenvalue weighted by molar-refractivity contribution is 5.82. The van der Waals surface area contributed by atoms with Crippen LogP contribution in [0.15, 0.2) is 0 Å². The summed E-state index contributed by atoms with van der Waals surface area (Å²) in [5, 5.41) is 0. The average Bonchev–Trinajstić information content (AvgIpc) is 2.14. The third-order valence-corrected chi connectivity index (χ3v) is 3.53. The molecule has 3 nitrogen and oxygen atoms in total. The number of hydrogen-bond donors (Lipinski definition) is 1. The number of rotatable bonds is 3. The Kier molecular flexibility index (Phi) is 4.37. The number of likely N-dealkylation sites (tertiary alicyclic amines) is 1. The predicted molar refractivity (Wildman–Crippen MR) is 71.9 cm³/mol. The van der Waals surface area contributed by atoms with E-state index < -0.39 is 0 Å². The lowest BCUT2D eigenvalue weighted by molar-refractivity contribution is -0.125. The molecule has 2 N–H and O–H groups in total. The minimum Gasteiger partial charge on any atom is -0.325 e. The third-order valence-electron chi connectivity index (χ3n) is 3.53. The van der Waals surface area contributed by atoms with Gasteiger partial charge in [0, 0.05) is 23.4 Å². The molecule has 3 heteroatoms. The minimum absolute atomic E-state index is 0.223. The number of nitrogens with zero attached hydrogens (tertiary/aromatic N) is 1. The molecule has 0 radical (unpaired) electrons. The molecule has 1 aliphatic heterocycles. The van der Waals surface area contributed by atoms with Crippen molar-refractivity contribution in [1.29, 1.82) is 0 Å². The molecule has 100 valence electrons. The molecule has 1 saturated heterocycles. The summed E-state index contributed by atoms with van der Waals surface area (Å²) >= 11 is 0. The number of ketones is 1. The Morgan fingerprint density at radius 2 is 1.65 bits per heavy atom. The molecule has 0 atom stereocenters. The Labute approximate surface area is 106 Å². The molecule has 0 amide bonds. The third kappa shape index (κ3) is 4.76. The van der Waals surface area contributed by atoms with Crippen molar-refractivity contribution < 1.29 is 4.79 Å². The standard InChI is InChI=1S/C14H28N2O/c1-13(2,3)16-8-6-11(7-9-16)12(17)10-14(4,5)15/h11H,6-10,15H2,1-5H3. The van der Waals surface area contributed by atoms with Crippen molar-refractivity contribution in [2.75, 3.05) is 13.1 Å². The molecule has 0 spiro atoms. The highest BCUT2D eigenvalue weighted by Gasteiger charge is 2.31. The van der Waals surface area contributed by atoms with Crippen LogP contribution in [0.1, 0.15) is 53.9 Å². The van der Waals surface area contributed by atoms with Crippen molar-refractivity contribution in [3.8, 4) is 0 Å². The topological polar surface area (TPSA) is 46.3 Å². The first kappa shape index (κ1) is 14.7. The Morgan fingerprint density at radius 3 is 2.00 bits per heavy atom. The second kappa shape index (κ2) is 5.07. The Balaban J connectivity index is 2.45. The second-order valence-electron chi connectivity index (χ2n) is 7.06. The second-order valence-corrected chi connectivity index (χ2v) is 7.06. The maximum Gasteiger partial charge on any atom is 0.137 e. The summed E-state index contributed by atoms with van der Waals surface area (Å²) < 4.78 is 0. The maximum absolute atomic E-state index is 12.1. The summed E-state index contributed by atoms with van der Waals surface area (Å²) in [6.07, 6.45) is 2.49. The predicted octanol–water partition coefficient (Wildman–Crippen LogP) is 2.19. The van der Waals surface area contributed by atoms with Crippen LogP contribution in [0.4, 0.5) is 0 Å². The van der Waals surface area contributed by atoms with Gasteiger partial charge in [-0.3, -0.25) is 9.69 Å². The van der Waals surface area contributed by atoms with Gasteiger partial charge in [0.15, 0.2) is 0 Å². The lowest BCUT2D eigenvalue weighted by Crippen LogP contribution is -2.47. The van der Waals surface area contributed by atoms with Crippen LogP contribution in [-0.4, -0.2) is 34.9 Å². The highest BCUT2D eigenvalue weighted by atomic mass is 16.1. The lowest BCUT2D eigenvalue weighted by atomic mass is 9.85. The summed E-state index contributed by atoms with van der Waals surface area (Å²) in [6.45, 7) is 12.6. The SMILES string of the molecule is CC(C)(N)CC(=O)C1CCN(C(C)(C)C)CC1.